The van der Waals surface area contributed by atoms with Gasteiger partial charge in [0.05, 0.1) is 17.3 Å². The summed E-state index contributed by atoms with van der Waals surface area (Å²) in [7, 11) is 0. The van der Waals surface area contributed by atoms with Gasteiger partial charge >= 0.3 is 0 Å². The third-order valence-corrected chi connectivity index (χ3v) is 4.77. The summed E-state index contributed by atoms with van der Waals surface area (Å²) in [6, 6.07) is 16.9. The summed E-state index contributed by atoms with van der Waals surface area (Å²) in [6.07, 6.45) is 0.807. The van der Waals surface area contributed by atoms with Crippen molar-refractivity contribution in [1.82, 2.24) is 10.4 Å². The molecule has 3 aromatic rings. The van der Waals surface area contributed by atoms with Gasteiger partial charge in [0, 0.05) is 17.4 Å². The maximum atomic E-state index is 6.45. The molecule has 0 spiro atoms. The number of aromatic nitrogens is 1. The highest BCUT2D eigenvalue weighted by atomic mass is 35.5. The summed E-state index contributed by atoms with van der Waals surface area (Å²) >= 11 is 6.45. The van der Waals surface area contributed by atoms with E-state index in [1.165, 1.54) is 11.1 Å². The molecule has 0 saturated carbocycles. The maximum Gasteiger partial charge on any atom is 0.135 e. The Morgan fingerprint density at radius 2 is 1.75 bits per heavy atom. The number of pyridine rings is 1. The first kappa shape index (κ1) is 15.2. The second-order valence-corrected chi connectivity index (χ2v) is 6.73. The molecule has 3 nitrogen and oxygen atoms in total. The molecule has 2 aromatic carbocycles. The average Bonchev–Trinajstić information content (AvgIpc) is 3.04. The zero-order chi connectivity index (χ0) is 16.7. The summed E-state index contributed by atoms with van der Waals surface area (Å²) < 4.78 is 0. The fourth-order valence-corrected chi connectivity index (χ4v) is 3.34. The molecule has 2 heterocycles. The number of hydrazone groups is 1. The molecule has 1 aliphatic heterocycles. The van der Waals surface area contributed by atoms with Crippen LogP contribution in [0.5, 0.6) is 0 Å². The predicted molar refractivity (Wildman–Crippen MR) is 99.7 cm³/mol. The van der Waals surface area contributed by atoms with Gasteiger partial charge in [0.15, 0.2) is 0 Å². The molecular weight excluding hydrogens is 318 g/mol. The first-order chi connectivity index (χ1) is 11.6. The highest BCUT2D eigenvalue weighted by molar-refractivity contribution is 6.30. The van der Waals surface area contributed by atoms with E-state index in [0.717, 1.165) is 34.2 Å². The molecule has 1 aromatic heterocycles. The Bertz CT molecular complexity index is 945. The molecule has 1 N–H and O–H groups in total. The molecule has 0 aliphatic carbocycles. The van der Waals surface area contributed by atoms with Crippen LogP contribution >= 0.6 is 11.6 Å². The number of hydrogen-bond donors (Lipinski definition) is 1. The topological polar surface area (TPSA) is 37.3 Å². The summed E-state index contributed by atoms with van der Waals surface area (Å²) in [5, 5.41) is 6.16. The number of rotatable bonds is 2. The fourth-order valence-electron chi connectivity index (χ4n) is 3.06. The number of nitrogens with one attached hydrogen (secondary N) is 1. The lowest BCUT2D eigenvalue weighted by atomic mass is 9.98. The molecule has 1 aliphatic rings. The second-order valence-electron chi connectivity index (χ2n) is 6.37. The van der Waals surface area contributed by atoms with E-state index in [9.17, 15) is 0 Å². The van der Waals surface area contributed by atoms with Crippen LogP contribution in [0.1, 0.15) is 34.7 Å². The molecule has 0 amide bonds. The Labute approximate surface area is 146 Å². The molecule has 24 heavy (non-hydrogen) atoms. The SMILES string of the molecule is Cc1ccc(C2=NNC(c3cc4ccc(C)cc4nc3Cl)C2)cc1. The van der Waals surface area contributed by atoms with E-state index >= 15 is 0 Å². The van der Waals surface area contributed by atoms with Gasteiger partial charge in [-0.3, -0.25) is 0 Å². The van der Waals surface area contributed by atoms with Crippen molar-refractivity contribution in [3.8, 4) is 0 Å². The second kappa shape index (κ2) is 5.91. The minimum absolute atomic E-state index is 0.0620. The van der Waals surface area contributed by atoms with Crippen molar-refractivity contribution < 1.29 is 0 Å². The van der Waals surface area contributed by atoms with Crippen molar-refractivity contribution >= 4 is 28.2 Å². The van der Waals surface area contributed by atoms with Crippen LogP contribution < -0.4 is 5.43 Å². The third kappa shape index (κ3) is 2.76. The Morgan fingerprint density at radius 1 is 1.00 bits per heavy atom. The quantitative estimate of drug-likeness (QED) is 0.673. The van der Waals surface area contributed by atoms with Crippen molar-refractivity contribution in [3.63, 3.8) is 0 Å². The van der Waals surface area contributed by atoms with Crippen LogP contribution in [0.25, 0.3) is 10.9 Å². The average molecular weight is 336 g/mol. The molecule has 4 rings (SSSR count). The van der Waals surface area contributed by atoms with Gasteiger partial charge in [0.2, 0.25) is 0 Å². The first-order valence-electron chi connectivity index (χ1n) is 8.06. The maximum absolute atomic E-state index is 6.45. The lowest BCUT2D eigenvalue weighted by Crippen LogP contribution is -2.11. The van der Waals surface area contributed by atoms with Gasteiger partial charge in [-0.25, -0.2) is 4.98 Å². The monoisotopic (exact) mass is 335 g/mol. The van der Waals surface area contributed by atoms with E-state index in [4.69, 9.17) is 11.6 Å². The Balaban J connectivity index is 1.64. The Hall–Kier alpha value is -2.39. The molecular formula is C20H18ClN3. The predicted octanol–water partition coefficient (Wildman–Crippen LogP) is 4.94. The van der Waals surface area contributed by atoms with Crippen molar-refractivity contribution in [2.24, 2.45) is 5.10 Å². The van der Waals surface area contributed by atoms with E-state index in [2.05, 4.69) is 77.9 Å². The molecule has 0 fully saturated rings. The standard InChI is InChI=1S/C20H18ClN3/c1-12-3-6-14(7-4-12)18-11-19(24-23-18)16-10-15-8-5-13(2)9-17(15)22-20(16)21/h3-10,19,24H,11H2,1-2H3. The zero-order valence-electron chi connectivity index (χ0n) is 13.7. The minimum atomic E-state index is 0.0620. The van der Waals surface area contributed by atoms with Gasteiger partial charge in [-0.1, -0.05) is 53.6 Å². The fraction of sp³-hybridized carbons (Fsp3) is 0.200. The number of nitrogens with zero attached hydrogens (tertiary/aromatic N) is 2. The van der Waals surface area contributed by atoms with Gasteiger partial charge in [0.25, 0.3) is 0 Å². The van der Waals surface area contributed by atoms with Crippen LogP contribution in [0.2, 0.25) is 5.15 Å². The van der Waals surface area contributed by atoms with Gasteiger partial charge < -0.3 is 5.43 Å². The number of hydrogen-bond acceptors (Lipinski definition) is 3. The molecule has 0 radical (unpaired) electrons. The van der Waals surface area contributed by atoms with Crippen LogP contribution in [0, 0.1) is 13.8 Å². The largest absolute Gasteiger partial charge is 0.302 e. The van der Waals surface area contributed by atoms with Crippen molar-refractivity contribution in [3.05, 3.63) is 75.9 Å². The lowest BCUT2D eigenvalue weighted by Gasteiger charge is -2.13. The van der Waals surface area contributed by atoms with E-state index in [1.54, 1.807) is 0 Å². The number of fused-ring (bicyclic) bond motifs is 1. The molecule has 1 unspecified atom stereocenters. The van der Waals surface area contributed by atoms with Crippen LogP contribution in [0.3, 0.4) is 0 Å². The third-order valence-electron chi connectivity index (χ3n) is 4.47. The summed E-state index contributed by atoms with van der Waals surface area (Å²) in [5.41, 5.74) is 9.78. The summed E-state index contributed by atoms with van der Waals surface area (Å²) in [4.78, 5) is 4.56. The smallest absolute Gasteiger partial charge is 0.135 e. The molecule has 120 valence electrons. The highest BCUT2D eigenvalue weighted by Crippen LogP contribution is 2.31. The van der Waals surface area contributed by atoms with Crippen LogP contribution in [-0.2, 0) is 0 Å². The van der Waals surface area contributed by atoms with E-state index in [1.807, 2.05) is 0 Å². The van der Waals surface area contributed by atoms with E-state index < -0.39 is 0 Å². The lowest BCUT2D eigenvalue weighted by molar-refractivity contribution is 0.619. The van der Waals surface area contributed by atoms with Gasteiger partial charge in [-0.15, -0.1) is 0 Å². The zero-order valence-corrected chi connectivity index (χ0v) is 14.4. The molecule has 0 bridgehead atoms. The normalized spacial score (nSPS) is 17.0. The highest BCUT2D eigenvalue weighted by Gasteiger charge is 2.24. The number of benzene rings is 2. The minimum Gasteiger partial charge on any atom is -0.302 e. The van der Waals surface area contributed by atoms with Crippen molar-refractivity contribution in [1.29, 1.82) is 0 Å². The molecule has 1 atom stereocenters. The molecule has 4 heteroatoms. The van der Waals surface area contributed by atoms with Crippen LogP contribution in [-0.4, -0.2) is 10.7 Å². The molecule has 0 saturated heterocycles. The van der Waals surface area contributed by atoms with Gasteiger partial charge in [-0.2, -0.15) is 5.10 Å². The van der Waals surface area contributed by atoms with Crippen LogP contribution in [0.4, 0.5) is 0 Å². The van der Waals surface area contributed by atoms with Gasteiger partial charge in [-0.05, 0) is 37.1 Å². The van der Waals surface area contributed by atoms with E-state index in [0.29, 0.717) is 5.15 Å². The summed E-state index contributed by atoms with van der Waals surface area (Å²) in [6.45, 7) is 4.15. The Kier molecular flexibility index (Phi) is 3.73. The first-order valence-corrected chi connectivity index (χ1v) is 8.44. The Morgan fingerprint density at radius 3 is 2.54 bits per heavy atom. The number of halogens is 1. The summed E-state index contributed by atoms with van der Waals surface area (Å²) in [5.74, 6) is 0. The van der Waals surface area contributed by atoms with Crippen molar-refractivity contribution in [2.75, 3.05) is 0 Å². The van der Waals surface area contributed by atoms with Crippen molar-refractivity contribution in [2.45, 2.75) is 26.3 Å². The van der Waals surface area contributed by atoms with E-state index in [-0.39, 0.29) is 6.04 Å². The van der Waals surface area contributed by atoms with Gasteiger partial charge in [0.1, 0.15) is 5.15 Å². The van der Waals surface area contributed by atoms with Crippen LogP contribution in [0.15, 0.2) is 53.6 Å². The number of aryl methyl sites for hydroxylation is 2.